The Bertz CT molecular complexity index is 688. The van der Waals surface area contributed by atoms with Crippen molar-refractivity contribution in [1.29, 1.82) is 0 Å². The molecule has 1 fully saturated rings. The van der Waals surface area contributed by atoms with Gasteiger partial charge in [-0.05, 0) is 17.7 Å². The van der Waals surface area contributed by atoms with Gasteiger partial charge in [0, 0.05) is 36.4 Å². The number of hydrogen-bond acceptors (Lipinski definition) is 3. The molecular weight excluding hydrogens is 360 g/mol. The van der Waals surface area contributed by atoms with Crippen LogP contribution in [0.5, 0.6) is 0 Å². The highest BCUT2D eigenvalue weighted by Gasteiger charge is 2.25. The van der Waals surface area contributed by atoms with Crippen molar-refractivity contribution >= 4 is 22.0 Å². The molecule has 0 saturated carbocycles. The van der Waals surface area contributed by atoms with Crippen LogP contribution in [0.15, 0.2) is 41.1 Å². The largest absolute Gasteiger partial charge is 0.370 e. The van der Waals surface area contributed by atoms with Crippen molar-refractivity contribution in [1.82, 2.24) is 20.0 Å². The smallest absolute Gasteiger partial charge is 0.317 e. The zero-order chi connectivity index (χ0) is 16.2. The van der Waals surface area contributed by atoms with E-state index in [0.29, 0.717) is 26.2 Å². The van der Waals surface area contributed by atoms with Gasteiger partial charge in [0.15, 0.2) is 0 Å². The average molecular weight is 379 g/mol. The van der Waals surface area contributed by atoms with Gasteiger partial charge in [0.1, 0.15) is 6.10 Å². The fourth-order valence-electron chi connectivity index (χ4n) is 2.59. The Morgan fingerprint density at radius 2 is 2.39 bits per heavy atom. The van der Waals surface area contributed by atoms with E-state index in [-0.39, 0.29) is 12.1 Å². The molecule has 0 aliphatic carbocycles. The molecular formula is C16H19BrN4O2. The predicted molar refractivity (Wildman–Crippen MR) is 89.9 cm³/mol. The number of rotatable bonds is 3. The van der Waals surface area contributed by atoms with E-state index < -0.39 is 0 Å². The lowest BCUT2D eigenvalue weighted by Crippen LogP contribution is -2.46. The summed E-state index contributed by atoms with van der Waals surface area (Å²) in [5.74, 6) is 0. The highest BCUT2D eigenvalue weighted by Crippen LogP contribution is 2.24. The number of nitrogens with one attached hydrogen (secondary N) is 1. The molecule has 1 aromatic carbocycles. The van der Waals surface area contributed by atoms with Crippen LogP contribution < -0.4 is 5.32 Å². The Morgan fingerprint density at radius 1 is 1.52 bits per heavy atom. The molecule has 1 N–H and O–H groups in total. The van der Waals surface area contributed by atoms with Gasteiger partial charge in [0.05, 0.1) is 19.3 Å². The lowest BCUT2D eigenvalue weighted by atomic mass is 10.1. The topological polar surface area (TPSA) is 59.4 Å². The molecule has 3 rings (SSSR count). The van der Waals surface area contributed by atoms with Gasteiger partial charge in [0.25, 0.3) is 0 Å². The summed E-state index contributed by atoms with van der Waals surface area (Å²) >= 11 is 3.47. The number of ether oxygens (including phenoxy) is 1. The maximum absolute atomic E-state index is 12.3. The van der Waals surface area contributed by atoms with Crippen LogP contribution in [0.25, 0.3) is 0 Å². The minimum absolute atomic E-state index is 0.0721. The van der Waals surface area contributed by atoms with E-state index in [2.05, 4.69) is 26.3 Å². The van der Waals surface area contributed by atoms with Gasteiger partial charge in [-0.3, -0.25) is 4.68 Å². The van der Waals surface area contributed by atoms with E-state index in [4.69, 9.17) is 4.74 Å². The minimum atomic E-state index is -0.0922. The van der Waals surface area contributed by atoms with Gasteiger partial charge in [-0.2, -0.15) is 5.10 Å². The van der Waals surface area contributed by atoms with E-state index in [1.165, 1.54) is 0 Å². The van der Waals surface area contributed by atoms with E-state index in [1.54, 1.807) is 15.8 Å². The number of carbonyl (C=O) groups is 1. The van der Waals surface area contributed by atoms with Crippen LogP contribution in [0.3, 0.4) is 0 Å². The Labute approximate surface area is 143 Å². The highest BCUT2D eigenvalue weighted by atomic mass is 79.9. The first-order chi connectivity index (χ1) is 11.1. The van der Waals surface area contributed by atoms with Crippen molar-refractivity contribution in [3.63, 3.8) is 0 Å². The first-order valence-electron chi connectivity index (χ1n) is 7.49. The maximum atomic E-state index is 12.3. The average Bonchev–Trinajstić information content (AvgIpc) is 2.98. The van der Waals surface area contributed by atoms with Crippen molar-refractivity contribution in [3.8, 4) is 0 Å². The summed E-state index contributed by atoms with van der Waals surface area (Å²) in [6.45, 7) is 2.17. The molecule has 1 aliphatic rings. The first-order valence-corrected chi connectivity index (χ1v) is 8.28. The Morgan fingerprint density at radius 3 is 3.13 bits per heavy atom. The van der Waals surface area contributed by atoms with Gasteiger partial charge in [-0.1, -0.05) is 28.1 Å². The summed E-state index contributed by atoms with van der Waals surface area (Å²) in [6.07, 6.45) is 3.55. The van der Waals surface area contributed by atoms with Gasteiger partial charge < -0.3 is 15.0 Å². The van der Waals surface area contributed by atoms with Crippen molar-refractivity contribution in [3.05, 3.63) is 52.3 Å². The second kappa shape index (κ2) is 7.14. The quantitative estimate of drug-likeness (QED) is 0.892. The molecule has 6 nitrogen and oxygen atoms in total. The number of amides is 2. The van der Waals surface area contributed by atoms with Gasteiger partial charge >= 0.3 is 6.03 Å². The minimum Gasteiger partial charge on any atom is -0.370 e. The van der Waals surface area contributed by atoms with Crippen LogP contribution in [0.1, 0.15) is 17.2 Å². The third-order valence-electron chi connectivity index (χ3n) is 3.78. The summed E-state index contributed by atoms with van der Waals surface area (Å²) in [5, 5.41) is 7.03. The van der Waals surface area contributed by atoms with Crippen molar-refractivity contribution in [2.24, 2.45) is 7.05 Å². The van der Waals surface area contributed by atoms with Crippen molar-refractivity contribution < 1.29 is 9.53 Å². The third kappa shape index (κ3) is 4.11. The molecule has 0 radical (unpaired) electrons. The monoisotopic (exact) mass is 378 g/mol. The summed E-state index contributed by atoms with van der Waals surface area (Å²) in [5.41, 5.74) is 2.06. The molecule has 1 aliphatic heterocycles. The second-order valence-electron chi connectivity index (χ2n) is 5.54. The van der Waals surface area contributed by atoms with Crippen LogP contribution in [0.4, 0.5) is 4.79 Å². The number of morpholine rings is 1. The van der Waals surface area contributed by atoms with Gasteiger partial charge in [-0.25, -0.2) is 4.79 Å². The molecule has 0 spiro atoms. The zero-order valence-corrected chi connectivity index (χ0v) is 14.5. The second-order valence-corrected chi connectivity index (χ2v) is 6.46. The number of benzene rings is 1. The molecule has 1 aromatic heterocycles. The summed E-state index contributed by atoms with van der Waals surface area (Å²) < 4.78 is 8.54. The normalized spacial score (nSPS) is 18.0. The van der Waals surface area contributed by atoms with E-state index in [0.717, 1.165) is 15.6 Å². The maximum Gasteiger partial charge on any atom is 0.317 e. The van der Waals surface area contributed by atoms with Crippen molar-refractivity contribution in [2.45, 2.75) is 12.6 Å². The first kappa shape index (κ1) is 16.0. The summed E-state index contributed by atoms with van der Waals surface area (Å²) in [4.78, 5) is 14.1. The fraction of sp³-hybridized carbons (Fsp3) is 0.375. The molecule has 23 heavy (non-hydrogen) atoms. The number of aryl methyl sites for hydroxylation is 1. The molecule has 2 heterocycles. The highest BCUT2D eigenvalue weighted by molar-refractivity contribution is 9.10. The number of aromatic nitrogens is 2. The molecule has 2 amide bonds. The lowest BCUT2D eigenvalue weighted by molar-refractivity contribution is -0.0155. The molecule has 2 aromatic rings. The SMILES string of the molecule is Cn1cc(CNC(=O)N2CCO[C@@H](c3cccc(Br)c3)C2)cn1. The molecule has 0 unspecified atom stereocenters. The summed E-state index contributed by atoms with van der Waals surface area (Å²) in [6, 6.07) is 7.93. The Balaban J connectivity index is 1.58. The van der Waals surface area contributed by atoms with E-state index in [1.807, 2.05) is 37.5 Å². The van der Waals surface area contributed by atoms with E-state index in [9.17, 15) is 4.79 Å². The lowest BCUT2D eigenvalue weighted by Gasteiger charge is -2.33. The molecule has 1 saturated heterocycles. The fourth-order valence-corrected chi connectivity index (χ4v) is 3.01. The number of nitrogens with zero attached hydrogens (tertiary/aromatic N) is 3. The van der Waals surface area contributed by atoms with Crippen molar-refractivity contribution in [2.75, 3.05) is 19.7 Å². The number of carbonyl (C=O) groups excluding carboxylic acids is 1. The summed E-state index contributed by atoms with van der Waals surface area (Å²) in [7, 11) is 1.86. The van der Waals surface area contributed by atoms with E-state index >= 15 is 0 Å². The number of urea groups is 1. The number of halogens is 1. The zero-order valence-electron chi connectivity index (χ0n) is 12.9. The number of hydrogen-bond donors (Lipinski definition) is 1. The van der Waals surface area contributed by atoms with Crippen LogP contribution in [0, 0.1) is 0 Å². The Hall–Kier alpha value is -1.86. The standard InChI is InChI=1S/C16H19BrN4O2/c1-20-10-12(9-19-20)8-18-16(22)21-5-6-23-15(11-21)13-3-2-4-14(17)7-13/h2-4,7,9-10,15H,5-6,8,11H2,1H3,(H,18,22)/t15-/m1/s1. The van der Waals surface area contributed by atoms with Crippen LogP contribution in [-0.4, -0.2) is 40.4 Å². The van der Waals surface area contributed by atoms with Crippen LogP contribution in [0.2, 0.25) is 0 Å². The molecule has 122 valence electrons. The third-order valence-corrected chi connectivity index (χ3v) is 4.27. The van der Waals surface area contributed by atoms with Gasteiger partial charge in [0.2, 0.25) is 0 Å². The van der Waals surface area contributed by atoms with Gasteiger partial charge in [-0.15, -0.1) is 0 Å². The van der Waals surface area contributed by atoms with Crippen LogP contribution >= 0.6 is 15.9 Å². The predicted octanol–water partition coefficient (Wildman–Crippen LogP) is 2.47. The molecule has 0 bridgehead atoms. The molecule has 7 heteroatoms. The Kier molecular flexibility index (Phi) is 4.97. The van der Waals surface area contributed by atoms with Crippen LogP contribution in [-0.2, 0) is 18.3 Å². The molecule has 1 atom stereocenters.